The molecule has 4 atom stereocenters. The van der Waals surface area contributed by atoms with E-state index < -0.39 is 12.2 Å². The number of hydrogen-bond acceptors (Lipinski definition) is 5. The minimum atomic E-state index is -0.818. The quantitative estimate of drug-likeness (QED) is 0.352. The fraction of sp³-hybridized carbons (Fsp3) is 0.520. The van der Waals surface area contributed by atoms with Crippen molar-refractivity contribution < 1.29 is 24.5 Å². The number of amides is 1. The van der Waals surface area contributed by atoms with Gasteiger partial charge in [0, 0.05) is 30.7 Å². The van der Waals surface area contributed by atoms with Crippen LogP contribution in [0.15, 0.2) is 54.6 Å². The molecule has 6 heteroatoms. The first-order valence-electron chi connectivity index (χ1n) is 11.2. The number of ketones is 1. The second kappa shape index (κ2) is 11.8. The Kier molecular flexibility index (Phi) is 8.85. The molecule has 0 aromatic heterocycles. The number of unbranched alkanes of at least 4 members (excludes halogenated alkanes) is 1. The Balaban J connectivity index is 1.40. The number of benzene rings is 1. The summed E-state index contributed by atoms with van der Waals surface area (Å²) in [4.78, 5) is 24.0. The lowest BCUT2D eigenvalue weighted by Gasteiger charge is -2.17. The molecule has 0 saturated heterocycles. The molecule has 31 heavy (non-hydrogen) atoms. The van der Waals surface area contributed by atoms with Crippen molar-refractivity contribution in [3.8, 4) is 5.75 Å². The van der Waals surface area contributed by atoms with Gasteiger partial charge in [0.2, 0.25) is 5.91 Å². The van der Waals surface area contributed by atoms with Gasteiger partial charge in [-0.25, -0.2) is 0 Å². The lowest BCUT2D eigenvalue weighted by molar-refractivity contribution is -0.122. The molecule has 0 aliphatic heterocycles. The highest BCUT2D eigenvalue weighted by Gasteiger charge is 2.39. The summed E-state index contributed by atoms with van der Waals surface area (Å²) in [6.45, 7) is 0.107. The minimum absolute atomic E-state index is 0.0469. The summed E-state index contributed by atoms with van der Waals surface area (Å²) in [6.07, 6.45) is 10.8. The molecular weight excluding hydrogens is 394 g/mol. The topological polar surface area (TPSA) is 95.9 Å². The zero-order valence-corrected chi connectivity index (χ0v) is 17.9. The van der Waals surface area contributed by atoms with Crippen molar-refractivity contribution in [2.24, 2.45) is 11.8 Å². The van der Waals surface area contributed by atoms with E-state index in [2.05, 4.69) is 5.32 Å². The maximum absolute atomic E-state index is 12.3. The molecule has 0 bridgehead atoms. The van der Waals surface area contributed by atoms with E-state index in [1.807, 2.05) is 42.5 Å². The van der Waals surface area contributed by atoms with Crippen molar-refractivity contribution in [2.45, 2.75) is 63.2 Å². The van der Waals surface area contributed by atoms with Crippen molar-refractivity contribution in [3.63, 3.8) is 0 Å². The van der Waals surface area contributed by atoms with E-state index in [9.17, 15) is 19.8 Å². The number of aliphatic hydroxyl groups is 2. The van der Waals surface area contributed by atoms with Gasteiger partial charge in [-0.05, 0) is 44.2 Å². The van der Waals surface area contributed by atoms with E-state index in [4.69, 9.17) is 4.74 Å². The highest BCUT2D eigenvalue weighted by atomic mass is 16.5. The molecule has 168 valence electrons. The number of rotatable bonds is 12. The summed E-state index contributed by atoms with van der Waals surface area (Å²) in [7, 11) is 0. The molecule has 1 aromatic rings. The molecule has 0 radical (unpaired) electrons. The second-order valence-corrected chi connectivity index (χ2v) is 8.44. The Bertz CT molecular complexity index is 771. The van der Waals surface area contributed by atoms with Gasteiger partial charge in [-0.15, -0.1) is 0 Å². The van der Waals surface area contributed by atoms with Gasteiger partial charge in [0.15, 0.2) is 0 Å². The predicted molar refractivity (Wildman–Crippen MR) is 118 cm³/mol. The van der Waals surface area contributed by atoms with Gasteiger partial charge in [-0.3, -0.25) is 9.59 Å². The van der Waals surface area contributed by atoms with Crippen LogP contribution >= 0.6 is 0 Å². The highest BCUT2D eigenvalue weighted by molar-refractivity contribution is 5.84. The first kappa shape index (κ1) is 23.2. The van der Waals surface area contributed by atoms with Crippen LogP contribution in [0.4, 0.5) is 0 Å². The van der Waals surface area contributed by atoms with Crippen LogP contribution in [0.25, 0.3) is 0 Å². The molecule has 6 nitrogen and oxygen atoms in total. The average Bonchev–Trinajstić information content (AvgIpc) is 3.52. The summed E-state index contributed by atoms with van der Waals surface area (Å²) in [5.74, 6) is 0.241. The average molecular weight is 428 g/mol. The highest BCUT2D eigenvalue weighted by Crippen LogP contribution is 2.33. The molecule has 2 saturated carbocycles. The van der Waals surface area contributed by atoms with Gasteiger partial charge in [-0.1, -0.05) is 42.5 Å². The van der Waals surface area contributed by atoms with Gasteiger partial charge in [0.1, 0.15) is 24.2 Å². The zero-order chi connectivity index (χ0) is 22.1. The number of ether oxygens (including phenoxy) is 1. The summed E-state index contributed by atoms with van der Waals surface area (Å²) < 4.78 is 5.53. The zero-order valence-electron chi connectivity index (χ0n) is 17.9. The van der Waals surface area contributed by atoms with E-state index >= 15 is 0 Å². The van der Waals surface area contributed by atoms with Crippen molar-refractivity contribution in [1.82, 2.24) is 5.32 Å². The van der Waals surface area contributed by atoms with Gasteiger partial charge >= 0.3 is 0 Å². The lowest BCUT2D eigenvalue weighted by Crippen LogP contribution is -2.24. The molecule has 3 N–H and O–H groups in total. The number of Topliss-reactive ketones (excluding diaryl/α,β-unsaturated/α-hetero) is 1. The minimum Gasteiger partial charge on any atom is -0.491 e. The van der Waals surface area contributed by atoms with Crippen LogP contribution in [0, 0.1) is 11.8 Å². The Morgan fingerprint density at radius 2 is 2.00 bits per heavy atom. The molecule has 2 fully saturated rings. The first-order chi connectivity index (χ1) is 15.0. The molecule has 2 aliphatic rings. The smallest absolute Gasteiger partial charge is 0.220 e. The normalized spacial score (nSPS) is 24.7. The molecule has 1 aromatic carbocycles. The monoisotopic (exact) mass is 427 g/mol. The molecule has 0 heterocycles. The van der Waals surface area contributed by atoms with E-state index in [1.54, 1.807) is 12.2 Å². The maximum Gasteiger partial charge on any atom is 0.220 e. The molecule has 0 spiro atoms. The van der Waals surface area contributed by atoms with Crippen molar-refractivity contribution in [1.29, 1.82) is 0 Å². The van der Waals surface area contributed by atoms with Crippen molar-refractivity contribution in [2.75, 3.05) is 6.61 Å². The molecular formula is C25H33NO5. The SMILES string of the molecule is O=C(CCC/C=C\C[C@H]1C(=O)C[C@@H](O)C1/C=C/[C@@H](O)COc1ccccc1)NC1CC1. The molecule has 2 aliphatic carbocycles. The summed E-state index contributed by atoms with van der Waals surface area (Å²) >= 11 is 0. The standard InChI is InChI=1S/C25H33NO5/c27-19(17-31-20-8-4-3-5-9-20)14-15-22-21(23(28)16-24(22)29)10-6-1-2-7-11-25(30)26-18-12-13-18/h1,3-6,8-9,14-15,18-19,21-22,24,27,29H,2,7,10-13,16-17H2,(H,26,30)/b6-1-,15-14+/t19-,21-,22?,24-/m1/s1. The van der Waals surface area contributed by atoms with Crippen LogP contribution in [-0.2, 0) is 9.59 Å². The van der Waals surface area contributed by atoms with Gasteiger partial charge in [-0.2, -0.15) is 0 Å². The van der Waals surface area contributed by atoms with Crippen LogP contribution in [0.2, 0.25) is 0 Å². The number of carbonyl (C=O) groups excluding carboxylic acids is 2. The predicted octanol–water partition coefficient (Wildman–Crippen LogP) is 2.94. The Labute approximate surface area is 184 Å². The van der Waals surface area contributed by atoms with Gasteiger partial charge in [0.25, 0.3) is 0 Å². The number of carbonyl (C=O) groups is 2. The fourth-order valence-electron chi connectivity index (χ4n) is 3.81. The number of para-hydroxylation sites is 1. The second-order valence-electron chi connectivity index (χ2n) is 8.44. The third-order valence-corrected chi connectivity index (χ3v) is 5.73. The fourth-order valence-corrected chi connectivity index (χ4v) is 3.81. The molecule has 1 amide bonds. The Hall–Kier alpha value is -2.44. The largest absolute Gasteiger partial charge is 0.491 e. The van der Waals surface area contributed by atoms with E-state index in [-0.39, 0.29) is 36.6 Å². The third-order valence-electron chi connectivity index (χ3n) is 5.73. The first-order valence-corrected chi connectivity index (χ1v) is 11.2. The van der Waals surface area contributed by atoms with Gasteiger partial charge in [0.05, 0.1) is 6.10 Å². The van der Waals surface area contributed by atoms with Crippen LogP contribution in [0.5, 0.6) is 5.75 Å². The Morgan fingerprint density at radius 1 is 1.23 bits per heavy atom. The molecule has 1 unspecified atom stereocenters. The van der Waals surface area contributed by atoms with Crippen molar-refractivity contribution >= 4 is 11.7 Å². The van der Waals surface area contributed by atoms with Crippen molar-refractivity contribution in [3.05, 3.63) is 54.6 Å². The van der Waals surface area contributed by atoms with Crippen LogP contribution in [0.1, 0.15) is 44.9 Å². The van der Waals surface area contributed by atoms with Crippen LogP contribution < -0.4 is 10.1 Å². The van der Waals surface area contributed by atoms with Gasteiger partial charge < -0.3 is 20.3 Å². The van der Waals surface area contributed by atoms with Crippen LogP contribution in [-0.4, -0.2) is 46.8 Å². The molecule has 3 rings (SSSR count). The number of nitrogens with one attached hydrogen (secondary N) is 1. The summed E-state index contributed by atoms with van der Waals surface area (Å²) in [6, 6.07) is 9.65. The third kappa shape index (κ3) is 7.96. The lowest BCUT2D eigenvalue weighted by atomic mass is 9.90. The summed E-state index contributed by atoms with van der Waals surface area (Å²) in [5, 5.41) is 23.4. The number of aliphatic hydroxyl groups excluding tert-OH is 2. The summed E-state index contributed by atoms with van der Waals surface area (Å²) in [5.41, 5.74) is 0. The number of hydrogen-bond donors (Lipinski definition) is 3. The Morgan fingerprint density at radius 3 is 2.74 bits per heavy atom. The van der Waals surface area contributed by atoms with E-state index in [0.717, 1.165) is 25.7 Å². The van der Waals surface area contributed by atoms with Crippen LogP contribution in [0.3, 0.4) is 0 Å². The number of allylic oxidation sites excluding steroid dienone is 2. The van der Waals surface area contributed by atoms with E-state index in [1.165, 1.54) is 0 Å². The van der Waals surface area contributed by atoms with E-state index in [0.29, 0.717) is 24.6 Å². The maximum atomic E-state index is 12.3.